The van der Waals surface area contributed by atoms with Crippen LogP contribution in [-0.4, -0.2) is 22.7 Å². The van der Waals surface area contributed by atoms with Crippen LogP contribution in [0.4, 0.5) is 5.13 Å². The third-order valence-electron chi connectivity index (χ3n) is 3.75. The molecule has 1 N–H and O–H groups in total. The molecule has 0 saturated heterocycles. The Morgan fingerprint density at radius 2 is 1.88 bits per heavy atom. The van der Waals surface area contributed by atoms with Gasteiger partial charge >= 0.3 is 0 Å². The monoisotopic (exact) mass is 387 g/mol. The second-order valence-electron chi connectivity index (χ2n) is 5.81. The molecule has 1 amide bonds. The minimum absolute atomic E-state index is 0.100. The second-order valence-corrected chi connectivity index (χ2v) is 7.31. The molecule has 5 nitrogen and oxygen atoms in total. The Labute approximate surface area is 161 Å². The third kappa shape index (κ3) is 5.28. The van der Waals surface area contributed by atoms with Crippen LogP contribution in [0.15, 0.2) is 54.6 Å². The van der Waals surface area contributed by atoms with Crippen LogP contribution in [0.3, 0.4) is 0 Å². The van der Waals surface area contributed by atoms with Gasteiger partial charge in [-0.2, -0.15) is 0 Å². The number of nitrogens with zero attached hydrogens (tertiary/aromatic N) is 2. The van der Waals surface area contributed by atoms with Crippen LogP contribution >= 0.6 is 22.9 Å². The first-order valence-corrected chi connectivity index (χ1v) is 9.35. The Bertz CT molecular complexity index is 853. The standard InChI is InChI=1S/C19H18ClN3O2S/c1-13(14-5-3-2-4-6-14)11-18-22-23-19(26-18)21-17(24)12-25-16-9-7-15(20)8-10-16/h2-10,13H,11-12H2,1H3,(H,21,23,24)/t13-/m1/s1. The molecule has 1 heterocycles. The molecule has 0 aliphatic rings. The first-order chi connectivity index (χ1) is 12.6. The van der Waals surface area contributed by atoms with Crippen LogP contribution in [0.25, 0.3) is 0 Å². The molecule has 0 aliphatic heterocycles. The largest absolute Gasteiger partial charge is 0.484 e. The number of ether oxygens (including phenoxy) is 1. The predicted molar refractivity (Wildman–Crippen MR) is 104 cm³/mol. The number of carbonyl (C=O) groups is 1. The fourth-order valence-electron chi connectivity index (χ4n) is 2.38. The van der Waals surface area contributed by atoms with Crippen molar-refractivity contribution < 1.29 is 9.53 Å². The van der Waals surface area contributed by atoms with Crippen molar-refractivity contribution in [2.75, 3.05) is 11.9 Å². The Morgan fingerprint density at radius 1 is 1.15 bits per heavy atom. The number of rotatable bonds is 7. The molecule has 3 aromatic rings. The van der Waals surface area contributed by atoms with Crippen molar-refractivity contribution in [2.24, 2.45) is 0 Å². The van der Waals surface area contributed by atoms with E-state index >= 15 is 0 Å². The quantitative estimate of drug-likeness (QED) is 0.645. The maximum absolute atomic E-state index is 12.0. The van der Waals surface area contributed by atoms with Gasteiger partial charge in [0.1, 0.15) is 10.8 Å². The van der Waals surface area contributed by atoms with Crippen molar-refractivity contribution in [1.29, 1.82) is 0 Å². The van der Waals surface area contributed by atoms with Crippen LogP contribution in [0, 0.1) is 0 Å². The lowest BCUT2D eigenvalue weighted by Crippen LogP contribution is -2.20. The number of aromatic nitrogens is 2. The Hall–Kier alpha value is -2.44. The van der Waals surface area contributed by atoms with Crippen molar-refractivity contribution >= 4 is 34.0 Å². The summed E-state index contributed by atoms with van der Waals surface area (Å²) in [6.07, 6.45) is 0.777. The van der Waals surface area contributed by atoms with Gasteiger partial charge in [0, 0.05) is 11.4 Å². The molecule has 7 heteroatoms. The first-order valence-electron chi connectivity index (χ1n) is 8.15. The average Bonchev–Trinajstić information content (AvgIpc) is 3.08. The fourth-order valence-corrected chi connectivity index (χ4v) is 3.39. The molecule has 0 radical (unpaired) electrons. The van der Waals surface area contributed by atoms with E-state index in [4.69, 9.17) is 16.3 Å². The topological polar surface area (TPSA) is 64.1 Å². The maximum atomic E-state index is 12.0. The van der Waals surface area contributed by atoms with Gasteiger partial charge in [-0.15, -0.1) is 10.2 Å². The molecular weight excluding hydrogens is 370 g/mol. The summed E-state index contributed by atoms with van der Waals surface area (Å²) in [6, 6.07) is 17.1. The van der Waals surface area contributed by atoms with Crippen molar-refractivity contribution in [1.82, 2.24) is 10.2 Å². The Balaban J connectivity index is 1.49. The normalized spacial score (nSPS) is 11.8. The molecule has 0 saturated carbocycles. The van der Waals surface area contributed by atoms with Gasteiger partial charge in [-0.25, -0.2) is 0 Å². The van der Waals surface area contributed by atoms with Gasteiger partial charge in [-0.05, 0) is 35.7 Å². The van der Waals surface area contributed by atoms with E-state index in [9.17, 15) is 4.79 Å². The summed E-state index contributed by atoms with van der Waals surface area (Å²) < 4.78 is 5.41. The van der Waals surface area contributed by atoms with E-state index in [2.05, 4.69) is 34.6 Å². The van der Waals surface area contributed by atoms with Gasteiger partial charge in [0.15, 0.2) is 6.61 Å². The first kappa shape index (κ1) is 18.4. The van der Waals surface area contributed by atoms with Gasteiger partial charge < -0.3 is 4.74 Å². The third-order valence-corrected chi connectivity index (χ3v) is 4.86. The zero-order valence-corrected chi connectivity index (χ0v) is 15.8. The smallest absolute Gasteiger partial charge is 0.264 e. The number of amides is 1. The SMILES string of the molecule is C[C@H](Cc1nnc(NC(=O)COc2ccc(Cl)cc2)s1)c1ccccc1. The van der Waals surface area contributed by atoms with Crippen molar-refractivity contribution in [3.63, 3.8) is 0 Å². The van der Waals surface area contributed by atoms with E-state index in [1.165, 1.54) is 16.9 Å². The lowest BCUT2D eigenvalue weighted by atomic mass is 9.98. The molecule has 0 aliphatic carbocycles. The van der Waals surface area contributed by atoms with Crippen molar-refractivity contribution in [2.45, 2.75) is 19.3 Å². The van der Waals surface area contributed by atoms with Crippen molar-refractivity contribution in [3.05, 3.63) is 70.2 Å². The molecular formula is C19H18ClN3O2S. The van der Waals surface area contributed by atoms with Crippen LogP contribution in [0.2, 0.25) is 5.02 Å². The summed E-state index contributed by atoms with van der Waals surface area (Å²) in [5.74, 6) is 0.638. The Morgan fingerprint density at radius 3 is 2.62 bits per heavy atom. The molecule has 26 heavy (non-hydrogen) atoms. The van der Waals surface area contributed by atoms with E-state index in [1.807, 2.05) is 18.2 Å². The molecule has 1 aromatic heterocycles. The molecule has 0 fully saturated rings. The van der Waals surface area contributed by atoms with E-state index in [0.29, 0.717) is 21.8 Å². The van der Waals surface area contributed by atoms with Gasteiger partial charge in [-0.3, -0.25) is 10.1 Å². The molecule has 0 bridgehead atoms. The molecule has 134 valence electrons. The minimum Gasteiger partial charge on any atom is -0.484 e. The number of carbonyl (C=O) groups excluding carboxylic acids is 1. The van der Waals surface area contributed by atoms with Crippen molar-refractivity contribution in [3.8, 4) is 5.75 Å². The lowest BCUT2D eigenvalue weighted by molar-refractivity contribution is -0.118. The zero-order valence-electron chi connectivity index (χ0n) is 14.2. The second kappa shape index (κ2) is 8.78. The summed E-state index contributed by atoms with van der Waals surface area (Å²) in [5.41, 5.74) is 1.25. The highest BCUT2D eigenvalue weighted by Gasteiger charge is 2.12. The van der Waals surface area contributed by atoms with Crippen LogP contribution < -0.4 is 10.1 Å². The van der Waals surface area contributed by atoms with Gasteiger partial charge in [0.05, 0.1) is 0 Å². The number of halogens is 1. The van der Waals surface area contributed by atoms with E-state index < -0.39 is 0 Å². The highest BCUT2D eigenvalue weighted by molar-refractivity contribution is 7.15. The lowest BCUT2D eigenvalue weighted by Gasteiger charge is -2.08. The van der Waals surface area contributed by atoms with Gasteiger partial charge in [-0.1, -0.05) is 60.2 Å². The molecule has 0 spiro atoms. The van der Waals surface area contributed by atoms with Gasteiger partial charge in [0.25, 0.3) is 5.91 Å². The molecule has 3 rings (SSSR count). The average molecular weight is 388 g/mol. The molecule has 0 unspecified atom stereocenters. The summed E-state index contributed by atoms with van der Waals surface area (Å²) >= 11 is 7.19. The molecule has 1 atom stereocenters. The molecule has 2 aromatic carbocycles. The number of anilines is 1. The maximum Gasteiger partial charge on any atom is 0.264 e. The number of benzene rings is 2. The van der Waals surface area contributed by atoms with Crippen LogP contribution in [-0.2, 0) is 11.2 Å². The summed E-state index contributed by atoms with van der Waals surface area (Å²) in [6.45, 7) is 2.05. The zero-order chi connectivity index (χ0) is 18.4. The highest BCUT2D eigenvalue weighted by atomic mass is 35.5. The summed E-state index contributed by atoms with van der Waals surface area (Å²) in [7, 11) is 0. The fraction of sp³-hybridized carbons (Fsp3) is 0.211. The summed E-state index contributed by atoms with van der Waals surface area (Å²) in [4.78, 5) is 12.0. The van der Waals surface area contributed by atoms with E-state index in [-0.39, 0.29) is 12.5 Å². The van der Waals surface area contributed by atoms with Crippen LogP contribution in [0.5, 0.6) is 5.75 Å². The number of nitrogens with one attached hydrogen (secondary N) is 1. The summed E-state index contributed by atoms with van der Waals surface area (Å²) in [5, 5.41) is 12.9. The van der Waals surface area contributed by atoms with E-state index in [1.54, 1.807) is 24.3 Å². The number of hydrogen-bond donors (Lipinski definition) is 1. The van der Waals surface area contributed by atoms with Crippen LogP contribution in [0.1, 0.15) is 23.4 Å². The predicted octanol–water partition coefficient (Wildman–Crippen LogP) is 4.56. The van der Waals surface area contributed by atoms with E-state index in [0.717, 1.165) is 11.4 Å². The number of hydrogen-bond acceptors (Lipinski definition) is 5. The Kier molecular flexibility index (Phi) is 6.20. The minimum atomic E-state index is -0.279. The van der Waals surface area contributed by atoms with Gasteiger partial charge in [0.2, 0.25) is 5.13 Å². The highest BCUT2D eigenvalue weighted by Crippen LogP contribution is 2.24.